The summed E-state index contributed by atoms with van der Waals surface area (Å²) in [7, 11) is 0. The molecule has 1 aliphatic heterocycles. The molecule has 1 fully saturated rings. The number of ether oxygens (including phenoxy) is 2. The van der Waals surface area contributed by atoms with Crippen molar-refractivity contribution in [2.24, 2.45) is 0 Å². The van der Waals surface area contributed by atoms with Crippen LogP contribution in [0.3, 0.4) is 0 Å². The Bertz CT molecular complexity index is 495. The minimum absolute atomic E-state index is 0.0697. The number of benzene rings is 1. The molecule has 1 aliphatic rings. The average molecular weight is 331 g/mol. The van der Waals surface area contributed by atoms with Crippen molar-refractivity contribution >= 4 is 0 Å². The van der Waals surface area contributed by atoms with Gasteiger partial charge in [0, 0.05) is 44.7 Å². The van der Waals surface area contributed by atoms with Crippen LogP contribution in [0.15, 0.2) is 18.2 Å². The molecule has 1 saturated heterocycles. The van der Waals surface area contributed by atoms with Gasteiger partial charge in [-0.05, 0) is 18.2 Å². The molecule has 0 saturated carbocycles. The molecule has 0 spiro atoms. The molecule has 3 N–H and O–H groups in total. The highest BCUT2D eigenvalue weighted by Crippen LogP contribution is 2.25. The highest BCUT2D eigenvalue weighted by molar-refractivity contribution is 5.21. The van der Waals surface area contributed by atoms with E-state index in [-0.39, 0.29) is 25.3 Å². The molecule has 0 radical (unpaired) electrons. The predicted molar refractivity (Wildman–Crippen MR) is 80.0 cm³/mol. The van der Waals surface area contributed by atoms with E-state index >= 15 is 0 Å². The van der Waals surface area contributed by atoms with E-state index in [0.717, 1.165) is 18.2 Å². The molecule has 23 heavy (non-hydrogen) atoms. The lowest BCUT2D eigenvalue weighted by Crippen LogP contribution is -2.48. The Kier molecular flexibility index (Phi) is 6.86. The van der Waals surface area contributed by atoms with Gasteiger partial charge in [-0.25, -0.2) is 8.78 Å². The van der Waals surface area contributed by atoms with Crippen LogP contribution in [0.5, 0.6) is 0 Å². The highest BCUT2D eigenvalue weighted by Gasteiger charge is 2.33. The third-order valence-electron chi connectivity index (χ3n) is 4.01. The third-order valence-corrected chi connectivity index (χ3v) is 4.01. The average Bonchev–Trinajstić information content (AvgIpc) is 2.56. The maximum atomic E-state index is 13.6. The summed E-state index contributed by atoms with van der Waals surface area (Å²) in [6.07, 6.45) is 0.190. The first kappa shape index (κ1) is 18.2. The number of aliphatic hydroxyl groups excluding tert-OH is 2. The van der Waals surface area contributed by atoms with Gasteiger partial charge in [0.15, 0.2) is 0 Å². The summed E-state index contributed by atoms with van der Waals surface area (Å²) < 4.78 is 37.8. The fourth-order valence-corrected chi connectivity index (χ4v) is 2.69. The molecular weight excluding hydrogens is 308 g/mol. The third kappa shape index (κ3) is 5.19. The van der Waals surface area contributed by atoms with Gasteiger partial charge in [0.1, 0.15) is 11.6 Å². The summed E-state index contributed by atoms with van der Waals surface area (Å²) >= 11 is 0. The molecule has 130 valence electrons. The van der Waals surface area contributed by atoms with E-state index in [4.69, 9.17) is 14.6 Å². The zero-order valence-electron chi connectivity index (χ0n) is 12.9. The van der Waals surface area contributed by atoms with Gasteiger partial charge < -0.3 is 25.0 Å². The smallest absolute Gasteiger partial charge is 0.129 e. The van der Waals surface area contributed by atoms with Crippen molar-refractivity contribution in [2.75, 3.05) is 39.5 Å². The van der Waals surface area contributed by atoms with E-state index < -0.39 is 23.3 Å². The van der Waals surface area contributed by atoms with Crippen LogP contribution in [0, 0.1) is 11.6 Å². The standard InChI is InChI=1S/C16H23F2NO4/c17-12-1-2-14(18)13(9-12)15(21)10-19-11-16(23-8-5-20)3-6-22-7-4-16/h1-2,9,15,19-21H,3-8,10-11H2. The van der Waals surface area contributed by atoms with Crippen molar-refractivity contribution in [3.8, 4) is 0 Å². The largest absolute Gasteiger partial charge is 0.394 e. The second-order valence-corrected chi connectivity index (χ2v) is 5.68. The maximum Gasteiger partial charge on any atom is 0.129 e. The number of rotatable bonds is 8. The fraction of sp³-hybridized carbons (Fsp3) is 0.625. The summed E-state index contributed by atoms with van der Waals surface area (Å²) in [5.74, 6) is -1.23. The number of nitrogens with one attached hydrogen (secondary N) is 1. The van der Waals surface area contributed by atoms with E-state index in [0.29, 0.717) is 32.6 Å². The van der Waals surface area contributed by atoms with E-state index in [9.17, 15) is 13.9 Å². The second-order valence-electron chi connectivity index (χ2n) is 5.68. The summed E-state index contributed by atoms with van der Waals surface area (Å²) in [5, 5.41) is 22.0. The summed E-state index contributed by atoms with van der Waals surface area (Å²) in [6, 6.07) is 3.01. The SMILES string of the molecule is OCCOC1(CNCC(O)c2cc(F)ccc2F)CCOCC1. The molecule has 1 heterocycles. The van der Waals surface area contributed by atoms with Crippen LogP contribution >= 0.6 is 0 Å². The quantitative estimate of drug-likeness (QED) is 0.666. The van der Waals surface area contributed by atoms with Gasteiger partial charge in [-0.2, -0.15) is 0 Å². The topological polar surface area (TPSA) is 71.0 Å². The van der Waals surface area contributed by atoms with Crippen molar-refractivity contribution in [1.82, 2.24) is 5.32 Å². The Morgan fingerprint density at radius 1 is 1.30 bits per heavy atom. The Balaban J connectivity index is 1.89. The van der Waals surface area contributed by atoms with Gasteiger partial charge >= 0.3 is 0 Å². The minimum atomic E-state index is -1.15. The zero-order valence-corrected chi connectivity index (χ0v) is 12.9. The van der Waals surface area contributed by atoms with Crippen LogP contribution in [-0.2, 0) is 9.47 Å². The minimum Gasteiger partial charge on any atom is -0.394 e. The zero-order chi connectivity index (χ0) is 16.7. The molecule has 2 rings (SSSR count). The summed E-state index contributed by atoms with van der Waals surface area (Å²) in [6.45, 7) is 1.79. The summed E-state index contributed by atoms with van der Waals surface area (Å²) in [4.78, 5) is 0. The second kappa shape index (κ2) is 8.65. The van der Waals surface area contributed by atoms with Crippen molar-refractivity contribution in [3.05, 3.63) is 35.4 Å². The van der Waals surface area contributed by atoms with Crippen LogP contribution in [0.4, 0.5) is 8.78 Å². The first-order valence-electron chi connectivity index (χ1n) is 7.73. The van der Waals surface area contributed by atoms with Crippen LogP contribution in [0.2, 0.25) is 0 Å². The normalized spacial score (nSPS) is 18.8. The monoisotopic (exact) mass is 331 g/mol. The Hall–Kier alpha value is -1.12. The van der Waals surface area contributed by atoms with Crippen LogP contribution < -0.4 is 5.32 Å². The molecule has 0 bridgehead atoms. The number of hydrogen-bond acceptors (Lipinski definition) is 5. The molecule has 5 nitrogen and oxygen atoms in total. The Morgan fingerprint density at radius 3 is 2.74 bits per heavy atom. The molecule has 7 heteroatoms. The van der Waals surface area contributed by atoms with E-state index in [2.05, 4.69) is 5.32 Å². The van der Waals surface area contributed by atoms with Crippen LogP contribution in [0.25, 0.3) is 0 Å². The Labute approximate surface area is 134 Å². The van der Waals surface area contributed by atoms with E-state index in [1.54, 1.807) is 0 Å². The van der Waals surface area contributed by atoms with Crippen molar-refractivity contribution in [1.29, 1.82) is 0 Å². The summed E-state index contributed by atoms with van der Waals surface area (Å²) in [5.41, 5.74) is -0.545. The predicted octanol–water partition coefficient (Wildman–Crippen LogP) is 1.15. The highest BCUT2D eigenvalue weighted by atomic mass is 19.1. The lowest BCUT2D eigenvalue weighted by Gasteiger charge is -2.37. The van der Waals surface area contributed by atoms with Crippen molar-refractivity contribution < 1.29 is 28.5 Å². The molecule has 1 atom stereocenters. The molecule has 0 aliphatic carbocycles. The molecule has 1 aromatic rings. The van der Waals surface area contributed by atoms with Gasteiger partial charge in [-0.1, -0.05) is 0 Å². The molecule has 0 amide bonds. The number of hydrogen-bond donors (Lipinski definition) is 3. The first-order chi connectivity index (χ1) is 11.1. The van der Waals surface area contributed by atoms with Crippen molar-refractivity contribution in [3.63, 3.8) is 0 Å². The van der Waals surface area contributed by atoms with Gasteiger partial charge in [-0.15, -0.1) is 0 Å². The van der Waals surface area contributed by atoms with Crippen molar-refractivity contribution in [2.45, 2.75) is 24.5 Å². The van der Waals surface area contributed by atoms with Gasteiger partial charge in [0.05, 0.1) is 24.9 Å². The van der Waals surface area contributed by atoms with E-state index in [1.165, 1.54) is 0 Å². The molecule has 1 unspecified atom stereocenters. The molecule has 1 aromatic carbocycles. The van der Waals surface area contributed by atoms with E-state index in [1.807, 2.05) is 0 Å². The number of aliphatic hydroxyl groups is 2. The van der Waals surface area contributed by atoms with Crippen LogP contribution in [0.1, 0.15) is 24.5 Å². The molecule has 0 aromatic heterocycles. The maximum absolute atomic E-state index is 13.6. The Morgan fingerprint density at radius 2 is 2.04 bits per heavy atom. The molecular formula is C16H23F2NO4. The van der Waals surface area contributed by atoms with Gasteiger partial charge in [-0.3, -0.25) is 0 Å². The van der Waals surface area contributed by atoms with Gasteiger partial charge in [0.25, 0.3) is 0 Å². The van der Waals surface area contributed by atoms with Crippen LogP contribution in [-0.4, -0.2) is 55.3 Å². The lowest BCUT2D eigenvalue weighted by atomic mass is 9.93. The fourth-order valence-electron chi connectivity index (χ4n) is 2.69. The number of halogens is 2. The first-order valence-corrected chi connectivity index (χ1v) is 7.73. The lowest BCUT2D eigenvalue weighted by molar-refractivity contribution is -0.115. The van der Waals surface area contributed by atoms with Gasteiger partial charge in [0.2, 0.25) is 0 Å².